The topological polar surface area (TPSA) is 87.7 Å². The maximum Gasteiger partial charge on any atom is 0.234 e. The van der Waals surface area contributed by atoms with Gasteiger partial charge in [0.05, 0.1) is 0 Å². The van der Waals surface area contributed by atoms with Crippen LogP contribution in [0.4, 0.5) is 0 Å². The normalized spacial score (nSPS) is 26.7. The van der Waals surface area contributed by atoms with Crippen LogP contribution in [-0.4, -0.2) is 23.0 Å². The molecule has 5 nitrogen and oxygen atoms in total. The van der Waals surface area contributed by atoms with Gasteiger partial charge >= 0.3 is 0 Å². The summed E-state index contributed by atoms with van der Waals surface area (Å²) in [5, 5.41) is 15.3. The zero-order chi connectivity index (χ0) is 13.5. The van der Waals surface area contributed by atoms with Crippen LogP contribution in [0.5, 0.6) is 0 Å². The summed E-state index contributed by atoms with van der Waals surface area (Å²) >= 11 is 0. The molecule has 0 spiro atoms. The number of nitrogens with one attached hydrogen (secondary N) is 1. The van der Waals surface area contributed by atoms with E-state index < -0.39 is 5.41 Å². The average Bonchev–Trinajstić information content (AvgIpc) is 3.34. The molecule has 3 fully saturated rings. The summed E-state index contributed by atoms with van der Waals surface area (Å²) in [5.74, 6) is 1.42. The van der Waals surface area contributed by atoms with E-state index in [2.05, 4.69) is 10.5 Å². The lowest BCUT2D eigenvalue weighted by Crippen LogP contribution is -2.52. The van der Waals surface area contributed by atoms with Gasteiger partial charge in [0, 0.05) is 6.04 Å². The number of amidine groups is 1. The number of oxime groups is 1. The first-order valence-corrected chi connectivity index (χ1v) is 7.46. The number of carbonyl (C=O) groups excluding carboxylic acids is 1. The summed E-state index contributed by atoms with van der Waals surface area (Å²) in [5.41, 5.74) is 5.06. The molecular formula is C14H23N3O2. The van der Waals surface area contributed by atoms with Gasteiger partial charge in [-0.05, 0) is 50.4 Å². The minimum atomic E-state index is -0.753. The Hall–Kier alpha value is -1.26. The van der Waals surface area contributed by atoms with Gasteiger partial charge in [-0.15, -0.1) is 0 Å². The molecule has 19 heavy (non-hydrogen) atoms. The molecule has 0 aromatic heterocycles. The molecule has 3 rings (SSSR count). The second-order valence-electron chi connectivity index (χ2n) is 6.45. The fraction of sp³-hybridized carbons (Fsp3) is 0.857. The van der Waals surface area contributed by atoms with Crippen molar-refractivity contribution in [3.8, 4) is 0 Å². The maximum atomic E-state index is 12.7. The highest BCUT2D eigenvalue weighted by Gasteiger charge is 2.49. The van der Waals surface area contributed by atoms with Gasteiger partial charge in [-0.3, -0.25) is 4.79 Å². The zero-order valence-corrected chi connectivity index (χ0v) is 11.3. The van der Waals surface area contributed by atoms with E-state index in [0.29, 0.717) is 30.7 Å². The van der Waals surface area contributed by atoms with Gasteiger partial charge < -0.3 is 16.3 Å². The minimum Gasteiger partial charge on any atom is -0.409 e. The van der Waals surface area contributed by atoms with E-state index in [1.165, 1.54) is 25.7 Å². The molecule has 3 saturated carbocycles. The molecule has 0 radical (unpaired) electrons. The van der Waals surface area contributed by atoms with Crippen molar-refractivity contribution in [2.75, 3.05) is 0 Å². The number of rotatable bonds is 5. The van der Waals surface area contributed by atoms with Crippen LogP contribution in [-0.2, 0) is 4.79 Å². The fourth-order valence-electron chi connectivity index (χ4n) is 3.49. The predicted octanol–water partition coefficient (Wildman–Crippen LogP) is 1.60. The van der Waals surface area contributed by atoms with Crippen LogP contribution < -0.4 is 11.1 Å². The van der Waals surface area contributed by atoms with Crippen molar-refractivity contribution in [1.29, 1.82) is 0 Å². The standard InChI is InChI=1S/C14H23N3O2/c15-12(17-19)14(7-1-2-8-14)13(18)16-11(9-3-4-9)10-5-6-10/h9-11,19H,1-8H2,(H2,15,17)(H,16,18). The van der Waals surface area contributed by atoms with Gasteiger partial charge in [0.1, 0.15) is 5.41 Å². The van der Waals surface area contributed by atoms with Crippen LogP contribution in [0.25, 0.3) is 0 Å². The fourth-order valence-corrected chi connectivity index (χ4v) is 3.49. The third-order valence-corrected chi connectivity index (χ3v) is 5.05. The lowest BCUT2D eigenvalue weighted by molar-refractivity contribution is -0.128. The number of hydrogen-bond donors (Lipinski definition) is 3. The minimum absolute atomic E-state index is 0.0101. The van der Waals surface area contributed by atoms with E-state index in [0.717, 1.165) is 12.8 Å². The van der Waals surface area contributed by atoms with Crippen molar-refractivity contribution >= 4 is 11.7 Å². The van der Waals surface area contributed by atoms with Crippen molar-refractivity contribution in [3.63, 3.8) is 0 Å². The Morgan fingerprint density at radius 3 is 2.16 bits per heavy atom. The highest BCUT2D eigenvalue weighted by Crippen LogP contribution is 2.46. The average molecular weight is 265 g/mol. The lowest BCUT2D eigenvalue weighted by atomic mass is 9.83. The summed E-state index contributed by atoms with van der Waals surface area (Å²) in [6.07, 6.45) is 8.29. The number of carbonyl (C=O) groups is 1. The summed E-state index contributed by atoms with van der Waals surface area (Å²) in [6.45, 7) is 0. The molecule has 106 valence electrons. The van der Waals surface area contributed by atoms with Crippen LogP contribution >= 0.6 is 0 Å². The van der Waals surface area contributed by atoms with Crippen LogP contribution in [0.1, 0.15) is 51.4 Å². The van der Waals surface area contributed by atoms with Crippen LogP contribution in [0.2, 0.25) is 0 Å². The summed E-state index contributed by atoms with van der Waals surface area (Å²) in [4.78, 5) is 12.7. The van der Waals surface area contributed by atoms with Gasteiger partial charge in [-0.2, -0.15) is 0 Å². The smallest absolute Gasteiger partial charge is 0.234 e. The van der Waals surface area contributed by atoms with Crippen molar-refractivity contribution in [1.82, 2.24) is 5.32 Å². The molecule has 0 aromatic rings. The SMILES string of the molecule is NC(=NO)C1(C(=O)NC(C2CC2)C2CC2)CCCC1. The Morgan fingerprint density at radius 2 is 1.74 bits per heavy atom. The number of nitrogens with zero attached hydrogens (tertiary/aromatic N) is 1. The molecule has 0 aliphatic heterocycles. The van der Waals surface area contributed by atoms with Gasteiger partial charge in [0.25, 0.3) is 0 Å². The van der Waals surface area contributed by atoms with E-state index in [1.54, 1.807) is 0 Å². The third kappa shape index (κ3) is 2.30. The van der Waals surface area contributed by atoms with Crippen molar-refractivity contribution in [2.45, 2.75) is 57.4 Å². The van der Waals surface area contributed by atoms with Gasteiger partial charge in [0.15, 0.2) is 5.84 Å². The molecule has 0 heterocycles. The monoisotopic (exact) mass is 265 g/mol. The molecular weight excluding hydrogens is 242 g/mol. The first-order valence-electron chi connectivity index (χ1n) is 7.46. The summed E-state index contributed by atoms with van der Waals surface area (Å²) in [6, 6.07) is 0.330. The largest absolute Gasteiger partial charge is 0.409 e. The molecule has 0 bridgehead atoms. The van der Waals surface area contributed by atoms with E-state index in [1.807, 2.05) is 0 Å². The molecule has 0 atom stereocenters. The molecule has 5 heteroatoms. The highest BCUT2D eigenvalue weighted by atomic mass is 16.4. The first kappa shape index (κ1) is 12.8. The van der Waals surface area contributed by atoms with Crippen LogP contribution in [0.3, 0.4) is 0 Å². The summed E-state index contributed by atoms with van der Waals surface area (Å²) in [7, 11) is 0. The second kappa shape index (κ2) is 4.69. The Balaban J connectivity index is 1.73. The lowest BCUT2D eigenvalue weighted by Gasteiger charge is -2.29. The van der Waals surface area contributed by atoms with E-state index in [4.69, 9.17) is 10.9 Å². The summed E-state index contributed by atoms with van der Waals surface area (Å²) < 4.78 is 0. The van der Waals surface area contributed by atoms with E-state index in [-0.39, 0.29) is 11.7 Å². The van der Waals surface area contributed by atoms with Crippen LogP contribution in [0.15, 0.2) is 5.16 Å². The molecule has 3 aliphatic rings. The first-order chi connectivity index (χ1) is 9.17. The van der Waals surface area contributed by atoms with Crippen LogP contribution in [0, 0.1) is 17.3 Å². The Morgan fingerprint density at radius 1 is 1.21 bits per heavy atom. The maximum absolute atomic E-state index is 12.7. The number of amides is 1. The second-order valence-corrected chi connectivity index (χ2v) is 6.45. The molecule has 0 saturated heterocycles. The molecule has 0 aromatic carbocycles. The van der Waals surface area contributed by atoms with E-state index in [9.17, 15) is 4.79 Å². The quantitative estimate of drug-likeness (QED) is 0.305. The molecule has 1 amide bonds. The third-order valence-electron chi connectivity index (χ3n) is 5.05. The number of nitrogens with two attached hydrogens (primary N) is 1. The predicted molar refractivity (Wildman–Crippen MR) is 71.7 cm³/mol. The van der Waals surface area contributed by atoms with Gasteiger partial charge in [-0.1, -0.05) is 18.0 Å². The molecule has 3 aliphatic carbocycles. The molecule has 0 unspecified atom stereocenters. The Kier molecular flexibility index (Phi) is 3.15. The van der Waals surface area contributed by atoms with Crippen molar-refractivity contribution < 1.29 is 10.0 Å². The van der Waals surface area contributed by atoms with Gasteiger partial charge in [0.2, 0.25) is 5.91 Å². The Bertz CT molecular complexity index is 381. The highest BCUT2D eigenvalue weighted by molar-refractivity contribution is 6.07. The van der Waals surface area contributed by atoms with Crippen molar-refractivity contribution in [2.24, 2.45) is 28.1 Å². The van der Waals surface area contributed by atoms with Gasteiger partial charge in [-0.25, -0.2) is 0 Å². The van der Waals surface area contributed by atoms with E-state index >= 15 is 0 Å². The molecule has 4 N–H and O–H groups in total. The number of hydrogen-bond acceptors (Lipinski definition) is 3. The van der Waals surface area contributed by atoms with Crippen molar-refractivity contribution in [3.05, 3.63) is 0 Å². The zero-order valence-electron chi connectivity index (χ0n) is 11.3. The Labute approximate surface area is 113 Å².